The normalized spacial score (nSPS) is 10.1. The van der Waals surface area contributed by atoms with Gasteiger partial charge in [-0.2, -0.15) is 0 Å². The standard InChI is InChI=1S/C19H24N2O3/c1-14-4-7-16(8-5-14)20-11-10-19(22)21-13-15-6-9-17(23-2)18(12-15)24-3/h4-9,12,20H,10-11,13H2,1-3H3,(H,21,22). The van der Waals surface area contributed by atoms with E-state index in [1.54, 1.807) is 14.2 Å². The maximum atomic E-state index is 11.9. The van der Waals surface area contributed by atoms with Crippen molar-refractivity contribution in [3.8, 4) is 11.5 Å². The minimum Gasteiger partial charge on any atom is -0.493 e. The molecule has 0 aliphatic heterocycles. The summed E-state index contributed by atoms with van der Waals surface area (Å²) >= 11 is 0. The first kappa shape index (κ1) is 17.7. The summed E-state index contributed by atoms with van der Waals surface area (Å²) in [6.07, 6.45) is 0.418. The molecule has 128 valence electrons. The Kier molecular flexibility index (Phi) is 6.49. The molecule has 0 saturated carbocycles. The van der Waals surface area contributed by atoms with Crippen molar-refractivity contribution >= 4 is 11.6 Å². The zero-order valence-corrected chi connectivity index (χ0v) is 14.4. The molecular weight excluding hydrogens is 304 g/mol. The van der Waals surface area contributed by atoms with E-state index < -0.39 is 0 Å². The average molecular weight is 328 g/mol. The second-order valence-electron chi connectivity index (χ2n) is 5.51. The lowest BCUT2D eigenvalue weighted by Gasteiger charge is -2.11. The van der Waals surface area contributed by atoms with Crippen molar-refractivity contribution < 1.29 is 14.3 Å². The molecule has 0 saturated heterocycles. The number of hydrogen-bond donors (Lipinski definition) is 2. The molecule has 0 aliphatic carbocycles. The molecular formula is C19H24N2O3. The fraction of sp³-hybridized carbons (Fsp3) is 0.316. The largest absolute Gasteiger partial charge is 0.493 e. The van der Waals surface area contributed by atoms with E-state index in [4.69, 9.17) is 9.47 Å². The van der Waals surface area contributed by atoms with Crippen LogP contribution in [0.4, 0.5) is 5.69 Å². The van der Waals surface area contributed by atoms with Crippen LogP contribution in [0.5, 0.6) is 11.5 Å². The first-order chi connectivity index (χ1) is 11.6. The van der Waals surface area contributed by atoms with E-state index in [9.17, 15) is 4.79 Å². The van der Waals surface area contributed by atoms with E-state index >= 15 is 0 Å². The van der Waals surface area contributed by atoms with Crippen LogP contribution < -0.4 is 20.1 Å². The van der Waals surface area contributed by atoms with Crippen molar-refractivity contribution in [1.82, 2.24) is 5.32 Å². The highest BCUT2D eigenvalue weighted by atomic mass is 16.5. The molecule has 5 heteroatoms. The van der Waals surface area contributed by atoms with E-state index in [0.717, 1.165) is 11.3 Å². The summed E-state index contributed by atoms with van der Waals surface area (Å²) in [7, 11) is 3.19. The summed E-state index contributed by atoms with van der Waals surface area (Å²) in [5.74, 6) is 1.34. The Balaban J connectivity index is 1.75. The Labute approximate surface area is 143 Å². The third-order valence-electron chi connectivity index (χ3n) is 3.67. The molecule has 0 radical (unpaired) electrons. The molecule has 0 aromatic heterocycles. The Hall–Kier alpha value is -2.69. The molecule has 0 heterocycles. The SMILES string of the molecule is COc1ccc(CNC(=O)CCNc2ccc(C)cc2)cc1OC. The molecule has 0 atom stereocenters. The summed E-state index contributed by atoms with van der Waals surface area (Å²) in [6.45, 7) is 3.11. The van der Waals surface area contributed by atoms with Crippen molar-refractivity contribution in [3.05, 3.63) is 53.6 Å². The second kappa shape index (κ2) is 8.82. The number of aryl methyl sites for hydroxylation is 1. The molecule has 0 fully saturated rings. The predicted molar refractivity (Wildman–Crippen MR) is 95.7 cm³/mol. The molecule has 0 unspecified atom stereocenters. The van der Waals surface area contributed by atoms with E-state index in [1.165, 1.54) is 5.56 Å². The maximum Gasteiger partial charge on any atom is 0.222 e. The first-order valence-electron chi connectivity index (χ1n) is 7.90. The van der Waals surface area contributed by atoms with Gasteiger partial charge in [-0.25, -0.2) is 0 Å². The molecule has 2 aromatic rings. The zero-order valence-electron chi connectivity index (χ0n) is 14.4. The molecule has 0 aliphatic rings. The minimum atomic E-state index is 0.00407. The topological polar surface area (TPSA) is 59.6 Å². The lowest BCUT2D eigenvalue weighted by atomic mass is 10.2. The number of nitrogens with one attached hydrogen (secondary N) is 2. The van der Waals surface area contributed by atoms with E-state index in [-0.39, 0.29) is 5.91 Å². The fourth-order valence-electron chi connectivity index (χ4n) is 2.27. The average Bonchev–Trinajstić information content (AvgIpc) is 2.61. The van der Waals surface area contributed by atoms with E-state index in [1.807, 2.05) is 49.4 Å². The number of ether oxygens (including phenoxy) is 2. The quantitative estimate of drug-likeness (QED) is 0.781. The second-order valence-corrected chi connectivity index (χ2v) is 5.51. The summed E-state index contributed by atoms with van der Waals surface area (Å²) < 4.78 is 10.5. The zero-order chi connectivity index (χ0) is 17.4. The molecule has 24 heavy (non-hydrogen) atoms. The molecule has 5 nitrogen and oxygen atoms in total. The van der Waals surface area contributed by atoms with E-state index in [0.29, 0.717) is 31.0 Å². The highest BCUT2D eigenvalue weighted by Gasteiger charge is 2.06. The summed E-state index contributed by atoms with van der Waals surface area (Å²) in [4.78, 5) is 11.9. The number of rotatable bonds is 8. The summed E-state index contributed by atoms with van der Waals surface area (Å²) in [6, 6.07) is 13.7. The van der Waals surface area contributed by atoms with Crippen LogP contribution in [-0.4, -0.2) is 26.7 Å². The van der Waals surface area contributed by atoms with Crippen molar-refractivity contribution in [1.29, 1.82) is 0 Å². The summed E-state index contributed by atoms with van der Waals surface area (Å²) in [5, 5.41) is 6.14. The molecule has 0 bridgehead atoms. The highest BCUT2D eigenvalue weighted by molar-refractivity contribution is 5.76. The lowest BCUT2D eigenvalue weighted by molar-refractivity contribution is -0.121. The van der Waals surface area contributed by atoms with Crippen LogP contribution in [-0.2, 0) is 11.3 Å². The summed E-state index contributed by atoms with van der Waals surface area (Å²) in [5.41, 5.74) is 3.20. The van der Waals surface area contributed by atoms with Gasteiger partial charge in [-0.1, -0.05) is 23.8 Å². The van der Waals surface area contributed by atoms with Gasteiger partial charge in [-0.15, -0.1) is 0 Å². The van der Waals surface area contributed by atoms with Gasteiger partial charge in [0, 0.05) is 25.2 Å². The van der Waals surface area contributed by atoms with Crippen molar-refractivity contribution in [2.75, 3.05) is 26.1 Å². The third-order valence-corrected chi connectivity index (χ3v) is 3.67. The maximum absolute atomic E-state index is 11.9. The number of amides is 1. The molecule has 2 N–H and O–H groups in total. The smallest absolute Gasteiger partial charge is 0.222 e. The van der Waals surface area contributed by atoms with Gasteiger partial charge in [0.05, 0.1) is 14.2 Å². The van der Waals surface area contributed by atoms with Crippen LogP contribution in [0.2, 0.25) is 0 Å². The van der Waals surface area contributed by atoms with Crippen LogP contribution in [0.15, 0.2) is 42.5 Å². The Morgan fingerprint density at radius 1 is 1.00 bits per heavy atom. The van der Waals surface area contributed by atoms with Gasteiger partial charge < -0.3 is 20.1 Å². The van der Waals surface area contributed by atoms with Crippen molar-refractivity contribution in [2.45, 2.75) is 19.9 Å². The number of hydrogen-bond acceptors (Lipinski definition) is 4. The Morgan fingerprint density at radius 3 is 2.38 bits per heavy atom. The van der Waals surface area contributed by atoms with Gasteiger partial charge in [0.25, 0.3) is 0 Å². The van der Waals surface area contributed by atoms with Crippen LogP contribution in [0.3, 0.4) is 0 Å². The molecule has 1 amide bonds. The number of carbonyl (C=O) groups excluding carboxylic acids is 1. The highest BCUT2D eigenvalue weighted by Crippen LogP contribution is 2.27. The van der Waals surface area contributed by atoms with Crippen molar-refractivity contribution in [2.24, 2.45) is 0 Å². The Morgan fingerprint density at radius 2 is 1.71 bits per heavy atom. The predicted octanol–water partition coefficient (Wildman–Crippen LogP) is 3.13. The number of methoxy groups -OCH3 is 2. The monoisotopic (exact) mass is 328 g/mol. The third kappa shape index (κ3) is 5.19. The van der Waals surface area contributed by atoms with E-state index in [2.05, 4.69) is 10.6 Å². The molecule has 2 aromatic carbocycles. The van der Waals surface area contributed by atoms with Gasteiger partial charge >= 0.3 is 0 Å². The van der Waals surface area contributed by atoms with Gasteiger partial charge in [0.15, 0.2) is 11.5 Å². The molecule has 2 rings (SSSR count). The van der Waals surface area contributed by atoms with Crippen LogP contribution in [0.25, 0.3) is 0 Å². The number of benzene rings is 2. The Bertz CT molecular complexity index is 669. The number of anilines is 1. The van der Waals surface area contributed by atoms with Crippen LogP contribution in [0.1, 0.15) is 17.5 Å². The van der Waals surface area contributed by atoms with Gasteiger partial charge in [-0.3, -0.25) is 4.79 Å². The lowest BCUT2D eigenvalue weighted by Crippen LogP contribution is -2.24. The van der Waals surface area contributed by atoms with Gasteiger partial charge in [0.1, 0.15) is 0 Å². The minimum absolute atomic E-state index is 0.00407. The van der Waals surface area contributed by atoms with Crippen molar-refractivity contribution in [3.63, 3.8) is 0 Å². The molecule has 0 spiro atoms. The van der Waals surface area contributed by atoms with Gasteiger partial charge in [0.2, 0.25) is 5.91 Å². The van der Waals surface area contributed by atoms with Crippen LogP contribution >= 0.6 is 0 Å². The number of carbonyl (C=O) groups is 1. The first-order valence-corrected chi connectivity index (χ1v) is 7.90. The fourth-order valence-corrected chi connectivity index (χ4v) is 2.27. The van der Waals surface area contributed by atoms with Gasteiger partial charge in [-0.05, 0) is 36.8 Å². The van der Waals surface area contributed by atoms with Crippen LogP contribution in [0, 0.1) is 6.92 Å².